The molecule has 30 heavy (non-hydrogen) atoms. The van der Waals surface area contributed by atoms with Crippen molar-refractivity contribution in [3.63, 3.8) is 0 Å². The van der Waals surface area contributed by atoms with E-state index in [1.165, 1.54) is 5.56 Å². The molecule has 1 aliphatic heterocycles. The molecule has 2 N–H and O–H groups in total. The number of guanidine groups is 1. The van der Waals surface area contributed by atoms with E-state index in [1.54, 1.807) is 0 Å². The number of nitrogens with zero attached hydrogens (tertiary/aromatic N) is 1. The number of fused-ring (bicyclic) bond motifs is 1. The van der Waals surface area contributed by atoms with Gasteiger partial charge in [-0.2, -0.15) is 4.40 Å². The number of nitrogens with one attached hydrogen (secondary N) is 2. The summed E-state index contributed by atoms with van der Waals surface area (Å²) in [5.74, 6) is 2.53. The van der Waals surface area contributed by atoms with E-state index in [1.807, 2.05) is 43.3 Å². The molecule has 0 saturated heterocycles. The third-order valence-corrected chi connectivity index (χ3v) is 6.70. The van der Waals surface area contributed by atoms with Crippen molar-refractivity contribution in [2.75, 3.05) is 10.6 Å². The van der Waals surface area contributed by atoms with Crippen molar-refractivity contribution in [1.82, 2.24) is 0 Å². The fraction of sp³-hybridized carbons (Fsp3) is 0.167. The highest BCUT2D eigenvalue weighted by Gasteiger charge is 2.20. The number of halogens is 1. The molecular formula is C24H24ClN3OS. The van der Waals surface area contributed by atoms with Crippen LogP contribution >= 0.6 is 22.3 Å². The molecule has 4 nitrogen and oxygen atoms in total. The predicted octanol–water partition coefficient (Wildman–Crippen LogP) is 7.51. The average Bonchev–Trinajstić information content (AvgIpc) is 2.75. The van der Waals surface area contributed by atoms with Crippen LogP contribution in [0.4, 0.5) is 11.4 Å². The molecule has 0 aliphatic carbocycles. The first-order chi connectivity index (χ1) is 14.5. The molecule has 0 spiro atoms. The van der Waals surface area contributed by atoms with E-state index >= 15 is 0 Å². The van der Waals surface area contributed by atoms with E-state index in [4.69, 9.17) is 20.7 Å². The van der Waals surface area contributed by atoms with Crippen molar-refractivity contribution in [1.29, 1.82) is 0 Å². The first-order valence-corrected chi connectivity index (χ1v) is 11.5. The van der Waals surface area contributed by atoms with Gasteiger partial charge in [0.2, 0.25) is 5.96 Å². The molecule has 1 aliphatic rings. The first-order valence-electron chi connectivity index (χ1n) is 9.86. The van der Waals surface area contributed by atoms with Gasteiger partial charge in [0.1, 0.15) is 5.75 Å². The Hall–Kier alpha value is -2.76. The quantitative estimate of drug-likeness (QED) is 0.415. The molecular weight excluding hydrogens is 414 g/mol. The molecule has 0 bridgehead atoms. The molecule has 0 saturated carbocycles. The monoisotopic (exact) mass is 437 g/mol. The average molecular weight is 438 g/mol. The molecule has 1 unspecified atom stereocenters. The van der Waals surface area contributed by atoms with Crippen LogP contribution in [-0.4, -0.2) is 11.3 Å². The lowest BCUT2D eigenvalue weighted by Gasteiger charge is -2.24. The van der Waals surface area contributed by atoms with E-state index in [0.29, 0.717) is 28.4 Å². The minimum Gasteiger partial charge on any atom is -0.454 e. The van der Waals surface area contributed by atoms with Gasteiger partial charge in [0.25, 0.3) is 0 Å². The zero-order chi connectivity index (χ0) is 21.1. The molecule has 1 heterocycles. The molecule has 6 heteroatoms. The Kier molecular flexibility index (Phi) is 6.11. The third kappa shape index (κ3) is 4.37. The van der Waals surface area contributed by atoms with E-state index < -0.39 is 10.7 Å². The van der Waals surface area contributed by atoms with Crippen molar-refractivity contribution < 1.29 is 4.74 Å². The Bertz CT molecular complexity index is 1120. The number of rotatable bonds is 4. The van der Waals surface area contributed by atoms with Gasteiger partial charge in [0, 0.05) is 5.69 Å². The fourth-order valence-electron chi connectivity index (χ4n) is 3.15. The standard InChI is InChI=1S/C24H24ClN3OS/c1-4-30-22-11-7-10-21(29-20-9-6-5-8-19(20)25)23(22)27-24(28-30)26-18-14-12-17(13-15-18)16(2)3/h4-16H,1-3H3,(H2,26,27,28). The van der Waals surface area contributed by atoms with Crippen molar-refractivity contribution >= 4 is 45.0 Å². The summed E-state index contributed by atoms with van der Waals surface area (Å²) in [6.07, 6.45) is 0. The smallest absolute Gasteiger partial charge is 0.211 e. The van der Waals surface area contributed by atoms with Crippen LogP contribution in [0, 0.1) is 0 Å². The van der Waals surface area contributed by atoms with E-state index in [0.717, 1.165) is 16.3 Å². The van der Waals surface area contributed by atoms with Gasteiger partial charge in [0.05, 0.1) is 15.6 Å². The van der Waals surface area contributed by atoms with Crippen molar-refractivity contribution in [2.45, 2.75) is 31.6 Å². The molecule has 4 rings (SSSR count). The molecule has 3 aromatic rings. The molecule has 0 fully saturated rings. The molecule has 0 radical (unpaired) electrons. The number of hydrogen-bond donors (Lipinski definition) is 2. The van der Waals surface area contributed by atoms with Gasteiger partial charge < -0.3 is 15.4 Å². The van der Waals surface area contributed by atoms with Gasteiger partial charge in [-0.25, -0.2) is 0 Å². The van der Waals surface area contributed by atoms with Crippen molar-refractivity contribution in [3.05, 3.63) is 77.3 Å². The van der Waals surface area contributed by atoms with Crippen molar-refractivity contribution in [3.8, 4) is 11.5 Å². The van der Waals surface area contributed by atoms with E-state index in [9.17, 15) is 0 Å². The Morgan fingerprint density at radius 3 is 2.43 bits per heavy atom. The highest BCUT2D eigenvalue weighted by Crippen LogP contribution is 2.44. The van der Waals surface area contributed by atoms with Crippen molar-refractivity contribution in [2.24, 2.45) is 4.40 Å². The maximum absolute atomic E-state index is 6.30. The number of hydrogen-bond acceptors (Lipinski definition) is 4. The predicted molar refractivity (Wildman–Crippen MR) is 131 cm³/mol. The van der Waals surface area contributed by atoms with Crippen LogP contribution in [0.1, 0.15) is 32.3 Å². The number of benzene rings is 3. The number of para-hydroxylation sites is 2. The summed E-state index contributed by atoms with van der Waals surface area (Å²) < 4.78 is 11.0. The summed E-state index contributed by atoms with van der Waals surface area (Å²) in [4.78, 5) is 1.09. The zero-order valence-electron chi connectivity index (χ0n) is 17.1. The summed E-state index contributed by atoms with van der Waals surface area (Å²) >= 11 is 6.30. The van der Waals surface area contributed by atoms with Crippen LogP contribution in [-0.2, 0) is 0 Å². The molecule has 1 atom stereocenters. The maximum atomic E-state index is 6.30. The Morgan fingerprint density at radius 1 is 1.00 bits per heavy atom. The second-order valence-corrected chi connectivity index (χ2v) is 9.31. The summed E-state index contributed by atoms with van der Waals surface area (Å²) in [6.45, 7) is 6.41. The van der Waals surface area contributed by atoms with Crippen LogP contribution in [0.5, 0.6) is 11.5 Å². The third-order valence-electron chi connectivity index (χ3n) is 4.77. The van der Waals surface area contributed by atoms with Crippen LogP contribution in [0.15, 0.2) is 76.0 Å². The van der Waals surface area contributed by atoms with E-state index in [-0.39, 0.29) is 0 Å². The summed E-state index contributed by atoms with van der Waals surface area (Å²) in [5.41, 5.74) is 3.19. The van der Waals surface area contributed by atoms with Crippen LogP contribution in [0.25, 0.3) is 0 Å². The second kappa shape index (κ2) is 8.94. The Labute approximate surface area is 185 Å². The second-order valence-electron chi connectivity index (χ2n) is 7.18. The minimum atomic E-state index is -0.391. The molecule has 154 valence electrons. The minimum absolute atomic E-state index is 0.391. The lowest BCUT2D eigenvalue weighted by atomic mass is 10.0. The van der Waals surface area contributed by atoms with Gasteiger partial charge >= 0.3 is 0 Å². The van der Waals surface area contributed by atoms with Crippen LogP contribution in [0.3, 0.4) is 0 Å². The first kappa shape index (κ1) is 20.5. The summed E-state index contributed by atoms with van der Waals surface area (Å²) in [5, 5.41) is 9.49. The molecule has 0 aromatic heterocycles. The van der Waals surface area contributed by atoms with Gasteiger partial charge in [-0.3, -0.25) is 0 Å². The van der Waals surface area contributed by atoms with Gasteiger partial charge in [-0.1, -0.05) is 55.8 Å². The highest BCUT2D eigenvalue weighted by atomic mass is 35.5. The topological polar surface area (TPSA) is 45.7 Å². The fourth-order valence-corrected chi connectivity index (χ4v) is 4.65. The summed E-state index contributed by atoms with van der Waals surface area (Å²) in [7, 11) is -0.391. The number of ether oxygens (including phenoxy) is 1. The van der Waals surface area contributed by atoms with E-state index in [2.05, 4.69) is 60.2 Å². The summed E-state index contributed by atoms with van der Waals surface area (Å²) in [6, 6.07) is 21.9. The Balaban J connectivity index is 1.63. The Morgan fingerprint density at radius 2 is 1.73 bits per heavy atom. The lowest BCUT2D eigenvalue weighted by Crippen LogP contribution is -2.24. The lowest BCUT2D eigenvalue weighted by molar-refractivity contribution is 0.484. The van der Waals surface area contributed by atoms with Gasteiger partial charge in [-0.05, 0) is 70.8 Å². The SMILES string of the molecule is C/C=S1\N=C(Nc2ccc(C(C)C)cc2)Nc2c(Oc3ccccc3Cl)cccc21. The van der Waals surface area contributed by atoms with Gasteiger partial charge in [0.15, 0.2) is 5.75 Å². The maximum Gasteiger partial charge on any atom is 0.211 e. The normalized spacial score (nSPS) is 15.4. The molecule has 3 aromatic carbocycles. The largest absolute Gasteiger partial charge is 0.454 e. The molecule has 0 amide bonds. The zero-order valence-corrected chi connectivity index (χ0v) is 18.7. The number of anilines is 2. The van der Waals surface area contributed by atoms with Gasteiger partial charge in [-0.15, -0.1) is 0 Å². The highest BCUT2D eigenvalue weighted by molar-refractivity contribution is 8.14. The van der Waals surface area contributed by atoms with Crippen LogP contribution < -0.4 is 15.4 Å². The van der Waals surface area contributed by atoms with Crippen LogP contribution in [0.2, 0.25) is 5.02 Å².